The SMILES string of the molecule is CC1(C)OB(c2cn[nH]c2)OC1(C)C.CN(C)C(=O)n1cc(B2OC(C)(C)C(C)(C)O2)cn1.Cc1ncc(-c2cnn(C(=O)N(C)C)c2)cc1OC(C)c1c(Cl)ccc(F)c1Cl.[2HH]. The minimum absolute atomic E-state index is 0. The number of pyridine rings is 1. The zero-order chi connectivity index (χ0) is 46.1. The first kappa shape index (κ1) is 48.3. The third-order valence-electron chi connectivity index (χ3n) is 11.1. The molecule has 2 amide bonds. The minimum atomic E-state index is -0.612. The number of benzene rings is 1. The van der Waals surface area contributed by atoms with Crippen molar-refractivity contribution < 1.29 is 38.8 Å². The highest BCUT2D eigenvalue weighted by atomic mass is 35.5. The number of ether oxygens (including phenoxy) is 1. The lowest BCUT2D eigenvalue weighted by atomic mass is 9.82. The first-order valence-electron chi connectivity index (χ1n) is 19.7. The number of hydrogen-bond acceptors (Lipinski definition) is 11. The second-order valence-electron chi connectivity index (χ2n) is 17.3. The van der Waals surface area contributed by atoms with Crippen molar-refractivity contribution in [2.45, 2.75) is 97.7 Å². The average molecular weight is 899 g/mol. The first-order chi connectivity index (χ1) is 28.7. The van der Waals surface area contributed by atoms with Crippen molar-refractivity contribution in [2.24, 2.45) is 0 Å². The van der Waals surface area contributed by atoms with Crippen LogP contribution in [0.5, 0.6) is 5.75 Å². The van der Waals surface area contributed by atoms with Gasteiger partial charge in [0.2, 0.25) is 0 Å². The molecule has 2 fully saturated rings. The molecule has 2 aliphatic rings. The molecule has 6 heterocycles. The summed E-state index contributed by atoms with van der Waals surface area (Å²) in [5.74, 6) is -0.0823. The predicted octanol–water partition coefficient (Wildman–Crippen LogP) is 7.04. The van der Waals surface area contributed by atoms with Crippen LogP contribution >= 0.6 is 23.2 Å². The molecular formula is C41H56B2Cl2FN9O7. The van der Waals surface area contributed by atoms with Gasteiger partial charge in [0.25, 0.3) is 0 Å². The van der Waals surface area contributed by atoms with E-state index < -0.39 is 30.2 Å². The highest BCUT2D eigenvalue weighted by Gasteiger charge is 2.53. The van der Waals surface area contributed by atoms with Crippen molar-refractivity contribution in [2.75, 3.05) is 28.2 Å². The molecule has 16 nitrogen and oxygen atoms in total. The van der Waals surface area contributed by atoms with Crippen molar-refractivity contribution in [3.05, 3.63) is 88.7 Å². The molecule has 0 saturated carbocycles. The van der Waals surface area contributed by atoms with Gasteiger partial charge in [0.15, 0.2) is 0 Å². The zero-order valence-electron chi connectivity index (χ0n) is 37.6. The van der Waals surface area contributed by atoms with Crippen LogP contribution in [-0.4, -0.2) is 121 Å². The quantitative estimate of drug-likeness (QED) is 0.137. The van der Waals surface area contributed by atoms with E-state index >= 15 is 0 Å². The van der Waals surface area contributed by atoms with E-state index in [0.717, 1.165) is 10.9 Å². The Morgan fingerprint density at radius 1 is 0.790 bits per heavy atom. The first-order valence-corrected chi connectivity index (χ1v) is 20.5. The summed E-state index contributed by atoms with van der Waals surface area (Å²) in [4.78, 5) is 31.0. The number of halogens is 3. The fourth-order valence-corrected chi connectivity index (χ4v) is 6.53. The van der Waals surface area contributed by atoms with Gasteiger partial charge in [-0.1, -0.05) is 23.2 Å². The Bertz CT molecular complexity index is 2350. The maximum atomic E-state index is 13.8. The van der Waals surface area contributed by atoms with E-state index in [0.29, 0.717) is 33.2 Å². The van der Waals surface area contributed by atoms with Crippen LogP contribution in [0.25, 0.3) is 11.1 Å². The van der Waals surface area contributed by atoms with Crippen LogP contribution in [-0.2, 0) is 18.6 Å². The molecule has 1 atom stereocenters. The van der Waals surface area contributed by atoms with Gasteiger partial charge in [-0.2, -0.15) is 24.7 Å². The zero-order valence-corrected chi connectivity index (χ0v) is 39.1. The number of aromatic nitrogens is 7. The molecule has 0 aliphatic carbocycles. The van der Waals surface area contributed by atoms with E-state index in [1.807, 2.05) is 55.4 Å². The molecule has 7 rings (SSSR count). The second-order valence-corrected chi connectivity index (χ2v) is 18.1. The van der Waals surface area contributed by atoms with E-state index in [-0.39, 0.29) is 36.8 Å². The summed E-state index contributed by atoms with van der Waals surface area (Å²) in [6.07, 6.45) is 11.0. The lowest BCUT2D eigenvalue weighted by Crippen LogP contribution is -2.41. The molecule has 0 spiro atoms. The number of carbonyl (C=O) groups is 2. The predicted molar refractivity (Wildman–Crippen MR) is 239 cm³/mol. The number of H-pyrrole nitrogens is 1. The number of amides is 2. The van der Waals surface area contributed by atoms with Gasteiger partial charge in [-0.15, -0.1) is 0 Å². The summed E-state index contributed by atoms with van der Waals surface area (Å²) in [7, 11) is 5.85. The van der Waals surface area contributed by atoms with E-state index in [9.17, 15) is 14.0 Å². The number of nitrogens with one attached hydrogen (secondary N) is 1. The molecule has 4 aromatic heterocycles. The van der Waals surface area contributed by atoms with Crippen LogP contribution in [0.15, 0.2) is 61.6 Å². The Labute approximate surface area is 374 Å². The van der Waals surface area contributed by atoms with Crippen molar-refractivity contribution in [1.29, 1.82) is 0 Å². The Balaban J connectivity index is 0.000000221. The summed E-state index contributed by atoms with van der Waals surface area (Å²) in [6, 6.07) is 3.96. The van der Waals surface area contributed by atoms with Gasteiger partial charge in [0, 0.05) is 99.4 Å². The fraction of sp³-hybridized carbons (Fsp3) is 0.463. The van der Waals surface area contributed by atoms with Crippen molar-refractivity contribution >= 4 is 60.4 Å². The lowest BCUT2D eigenvalue weighted by molar-refractivity contribution is 0.00578. The van der Waals surface area contributed by atoms with Crippen LogP contribution in [0.3, 0.4) is 0 Å². The molecule has 1 N–H and O–H groups in total. The molecular weight excluding hydrogens is 842 g/mol. The van der Waals surface area contributed by atoms with Crippen LogP contribution < -0.4 is 15.7 Å². The summed E-state index contributed by atoms with van der Waals surface area (Å²) in [6.45, 7) is 19.6. The van der Waals surface area contributed by atoms with Gasteiger partial charge in [0.05, 0.1) is 39.3 Å². The molecule has 1 unspecified atom stereocenters. The molecule has 21 heteroatoms. The molecule has 1 aromatic carbocycles. The van der Waals surface area contributed by atoms with E-state index in [1.165, 1.54) is 31.3 Å². The largest absolute Gasteiger partial charge is 0.498 e. The molecule has 2 aliphatic heterocycles. The van der Waals surface area contributed by atoms with Gasteiger partial charge in [-0.3, -0.25) is 10.1 Å². The number of carbonyl (C=O) groups excluding carboxylic acids is 2. The normalized spacial score (nSPS) is 17.4. The molecule has 62 heavy (non-hydrogen) atoms. The summed E-state index contributed by atoms with van der Waals surface area (Å²) < 4.78 is 45.8. The van der Waals surface area contributed by atoms with Gasteiger partial charge in [0.1, 0.15) is 17.7 Å². The highest BCUT2D eigenvalue weighted by Crippen LogP contribution is 2.38. The fourth-order valence-electron chi connectivity index (χ4n) is 5.85. The smallest absolute Gasteiger partial charge is 0.484 e. The standard InChI is InChI=1S/C20H19Cl2FN4O2.C12H20BN3O3.C9H15BN2O2.H2/c1-11-17(29-12(2)18-15(21)5-6-16(23)19(18)22)7-13(8-24-11)14-9-25-27(10-14)20(28)26(3)4;1-11(2)12(3,4)19-13(18-11)9-7-14-16(8-9)10(17)15(5)6;1-8(2)9(3,4)14-10(13-8)7-5-11-12-6-7;/h5-10,12H,1-4H3;7-8H,1-6H3;5-6H,1-4H3,(H,11,12);1H/i;;;1+1. The summed E-state index contributed by atoms with van der Waals surface area (Å²) in [5, 5.41) is 15.0. The van der Waals surface area contributed by atoms with E-state index in [4.69, 9.17) is 46.6 Å². The molecule has 0 radical (unpaired) electrons. The average Bonchev–Trinajstić information content (AvgIpc) is 4.03. The Morgan fingerprint density at radius 2 is 1.31 bits per heavy atom. The van der Waals surface area contributed by atoms with Crippen LogP contribution in [0, 0.1) is 12.7 Å². The van der Waals surface area contributed by atoms with Crippen LogP contribution in [0.1, 0.15) is 81.1 Å². The summed E-state index contributed by atoms with van der Waals surface area (Å²) >= 11 is 12.3. The lowest BCUT2D eigenvalue weighted by Gasteiger charge is -2.32. The Hall–Kier alpha value is -4.78. The van der Waals surface area contributed by atoms with Crippen LogP contribution in [0.4, 0.5) is 14.0 Å². The van der Waals surface area contributed by atoms with E-state index in [2.05, 4.69) is 25.4 Å². The number of rotatable bonds is 6. The van der Waals surface area contributed by atoms with Gasteiger partial charge >= 0.3 is 26.3 Å². The number of aromatic amines is 1. The van der Waals surface area contributed by atoms with E-state index in [1.54, 1.807) is 91.5 Å². The Morgan fingerprint density at radius 3 is 1.82 bits per heavy atom. The number of aryl methyl sites for hydroxylation is 1. The maximum absolute atomic E-state index is 13.8. The second kappa shape index (κ2) is 18.5. The van der Waals surface area contributed by atoms with Crippen molar-refractivity contribution in [3.8, 4) is 16.9 Å². The van der Waals surface area contributed by atoms with Gasteiger partial charge in [-0.05, 0) is 87.4 Å². The Kier molecular flexibility index (Phi) is 14.4. The third-order valence-corrected chi connectivity index (χ3v) is 11.8. The maximum Gasteiger partial charge on any atom is 0.498 e. The minimum Gasteiger partial charge on any atom is -0.484 e. The third kappa shape index (κ3) is 10.5. The van der Waals surface area contributed by atoms with Crippen molar-refractivity contribution in [1.82, 2.24) is 44.5 Å². The molecule has 334 valence electrons. The van der Waals surface area contributed by atoms with Gasteiger partial charge < -0.3 is 33.2 Å². The van der Waals surface area contributed by atoms with Gasteiger partial charge in [-0.25, -0.2) is 14.0 Å². The van der Waals surface area contributed by atoms with Crippen LogP contribution in [0.2, 0.25) is 10.0 Å². The monoisotopic (exact) mass is 898 g/mol. The number of nitrogens with zero attached hydrogens (tertiary/aromatic N) is 8. The highest BCUT2D eigenvalue weighted by molar-refractivity contribution is 6.62. The van der Waals surface area contributed by atoms with Crippen molar-refractivity contribution in [3.63, 3.8) is 0 Å². The molecule has 2 saturated heterocycles. The topological polar surface area (TPSA) is 164 Å². The molecule has 5 aromatic rings. The number of hydrogen-bond donors (Lipinski definition) is 1. The summed E-state index contributed by atoms with van der Waals surface area (Å²) in [5.41, 5.74) is 2.74. The molecule has 0 bridgehead atoms.